The van der Waals surface area contributed by atoms with Gasteiger partial charge in [0.15, 0.2) is 0 Å². The molecule has 1 heterocycles. The van der Waals surface area contributed by atoms with E-state index >= 15 is 0 Å². The number of halogens is 1. The van der Waals surface area contributed by atoms with Crippen LogP contribution in [-0.4, -0.2) is 30.1 Å². The second kappa shape index (κ2) is 6.45. The lowest BCUT2D eigenvalue weighted by Crippen LogP contribution is -2.44. The van der Waals surface area contributed by atoms with Gasteiger partial charge in [-0.1, -0.05) is 18.5 Å². The molecule has 0 unspecified atom stereocenters. The van der Waals surface area contributed by atoms with E-state index < -0.39 is 5.97 Å². The molecule has 2 rings (SSSR count). The van der Waals surface area contributed by atoms with Crippen LogP contribution in [0.25, 0.3) is 0 Å². The highest BCUT2D eigenvalue weighted by molar-refractivity contribution is 6.34. The Morgan fingerprint density at radius 3 is 2.57 bits per heavy atom. The highest BCUT2D eigenvalue weighted by Crippen LogP contribution is 2.35. The first kappa shape index (κ1) is 15.8. The van der Waals surface area contributed by atoms with Crippen LogP contribution in [0.4, 0.5) is 5.69 Å². The van der Waals surface area contributed by atoms with E-state index in [4.69, 9.17) is 16.7 Å². The van der Waals surface area contributed by atoms with Gasteiger partial charge in [-0.15, -0.1) is 0 Å². The summed E-state index contributed by atoms with van der Waals surface area (Å²) in [6.45, 7) is 3.67. The number of carboxylic acid groups (broad SMARTS) is 1. The number of rotatable bonds is 4. The third-order valence-electron chi connectivity index (χ3n) is 4.18. The number of nitrogens with one attached hydrogen (secondary N) is 2. The molecule has 6 heteroatoms. The highest BCUT2D eigenvalue weighted by atomic mass is 35.5. The smallest absolute Gasteiger partial charge is 0.335 e. The molecule has 1 saturated heterocycles. The van der Waals surface area contributed by atoms with Crippen LogP contribution >= 0.6 is 11.6 Å². The molecular formula is C15H19ClN2O3. The van der Waals surface area contributed by atoms with Gasteiger partial charge in [-0.25, -0.2) is 4.79 Å². The lowest BCUT2D eigenvalue weighted by atomic mass is 9.76. The minimum absolute atomic E-state index is 0.0449. The van der Waals surface area contributed by atoms with Gasteiger partial charge in [0.2, 0.25) is 5.91 Å². The number of piperidine rings is 1. The lowest BCUT2D eigenvalue weighted by Gasteiger charge is -2.35. The number of amides is 1. The molecule has 1 aliphatic rings. The van der Waals surface area contributed by atoms with Crippen LogP contribution < -0.4 is 10.6 Å². The lowest BCUT2D eigenvalue weighted by molar-refractivity contribution is -0.127. The summed E-state index contributed by atoms with van der Waals surface area (Å²) < 4.78 is 0. The van der Waals surface area contributed by atoms with Gasteiger partial charge in [0.25, 0.3) is 0 Å². The molecule has 0 radical (unpaired) electrons. The molecule has 114 valence electrons. The van der Waals surface area contributed by atoms with Crippen molar-refractivity contribution in [3.05, 3.63) is 28.8 Å². The molecule has 0 aromatic heterocycles. The molecule has 1 fully saturated rings. The molecule has 0 spiro atoms. The summed E-state index contributed by atoms with van der Waals surface area (Å²) in [5.74, 6) is -1.09. The Labute approximate surface area is 128 Å². The second-order valence-electron chi connectivity index (χ2n) is 5.34. The Balaban J connectivity index is 2.17. The molecule has 21 heavy (non-hydrogen) atoms. The molecule has 0 aliphatic carbocycles. The Hall–Kier alpha value is -1.59. The number of carbonyl (C=O) groups is 2. The Morgan fingerprint density at radius 2 is 2.05 bits per heavy atom. The van der Waals surface area contributed by atoms with Crippen LogP contribution in [0.3, 0.4) is 0 Å². The maximum absolute atomic E-state index is 12.6. The monoisotopic (exact) mass is 310 g/mol. The average Bonchev–Trinajstić information content (AvgIpc) is 2.49. The van der Waals surface area contributed by atoms with Crippen molar-refractivity contribution in [3.63, 3.8) is 0 Å². The molecule has 1 aliphatic heterocycles. The molecule has 0 saturated carbocycles. The van der Waals surface area contributed by atoms with Crippen LogP contribution in [-0.2, 0) is 4.79 Å². The molecule has 1 aromatic carbocycles. The van der Waals surface area contributed by atoms with Crippen molar-refractivity contribution in [3.8, 4) is 0 Å². The van der Waals surface area contributed by atoms with Crippen molar-refractivity contribution in [1.29, 1.82) is 0 Å². The van der Waals surface area contributed by atoms with E-state index in [0.29, 0.717) is 5.69 Å². The van der Waals surface area contributed by atoms with Crippen LogP contribution in [0.2, 0.25) is 5.02 Å². The summed E-state index contributed by atoms with van der Waals surface area (Å²) in [7, 11) is 0. The number of anilines is 1. The van der Waals surface area contributed by atoms with Gasteiger partial charge < -0.3 is 15.7 Å². The maximum Gasteiger partial charge on any atom is 0.335 e. The fourth-order valence-electron chi connectivity index (χ4n) is 2.65. The summed E-state index contributed by atoms with van der Waals surface area (Å²) >= 11 is 6.05. The van der Waals surface area contributed by atoms with Gasteiger partial charge in [0.05, 0.1) is 21.7 Å². The molecule has 0 atom stereocenters. The zero-order valence-electron chi connectivity index (χ0n) is 11.9. The van der Waals surface area contributed by atoms with E-state index in [1.165, 1.54) is 18.2 Å². The largest absolute Gasteiger partial charge is 0.478 e. The molecular weight excluding hydrogens is 292 g/mol. The predicted octanol–water partition coefficient (Wildman–Crippen LogP) is 2.76. The van der Waals surface area contributed by atoms with Crippen molar-refractivity contribution >= 4 is 29.2 Å². The van der Waals surface area contributed by atoms with E-state index in [-0.39, 0.29) is 21.9 Å². The number of aromatic carboxylic acids is 1. The van der Waals surface area contributed by atoms with Crippen molar-refractivity contribution in [2.24, 2.45) is 5.41 Å². The Kier molecular flexibility index (Phi) is 4.85. The zero-order valence-corrected chi connectivity index (χ0v) is 12.7. The zero-order chi connectivity index (χ0) is 15.5. The molecule has 1 aromatic rings. The summed E-state index contributed by atoms with van der Waals surface area (Å²) in [6, 6.07) is 4.32. The van der Waals surface area contributed by atoms with E-state index in [2.05, 4.69) is 10.6 Å². The van der Waals surface area contributed by atoms with Gasteiger partial charge in [-0.3, -0.25) is 4.79 Å². The van der Waals surface area contributed by atoms with Gasteiger partial charge in [0.1, 0.15) is 0 Å². The number of carbonyl (C=O) groups excluding carboxylic acids is 1. The minimum atomic E-state index is -1.04. The second-order valence-corrected chi connectivity index (χ2v) is 5.74. The normalized spacial score (nSPS) is 17.2. The third kappa shape index (κ3) is 3.36. The molecule has 5 nitrogen and oxygen atoms in total. The van der Waals surface area contributed by atoms with Crippen LogP contribution in [0.15, 0.2) is 18.2 Å². The van der Waals surface area contributed by atoms with E-state index in [1.807, 2.05) is 6.92 Å². The maximum atomic E-state index is 12.6. The average molecular weight is 311 g/mol. The first-order valence-corrected chi connectivity index (χ1v) is 7.41. The van der Waals surface area contributed by atoms with Gasteiger partial charge in [-0.05, 0) is 50.6 Å². The Bertz CT molecular complexity index is 554. The standard InChI is InChI=1S/C15H19ClN2O3/c1-2-15(5-7-17-8-6-15)14(21)18-12-4-3-10(13(19)20)9-11(12)16/h3-4,9,17H,2,5-8H2,1H3,(H,18,21)(H,19,20). The quantitative estimate of drug-likeness (QED) is 0.799. The van der Waals surface area contributed by atoms with Crippen LogP contribution in [0, 0.1) is 5.41 Å². The summed E-state index contributed by atoms with van der Waals surface area (Å²) in [5, 5.41) is 15.3. The predicted molar refractivity (Wildman–Crippen MR) is 81.9 cm³/mol. The van der Waals surface area contributed by atoms with E-state index in [9.17, 15) is 9.59 Å². The minimum Gasteiger partial charge on any atom is -0.478 e. The number of hydrogen-bond donors (Lipinski definition) is 3. The fourth-order valence-corrected chi connectivity index (χ4v) is 2.88. The molecule has 3 N–H and O–H groups in total. The topological polar surface area (TPSA) is 78.4 Å². The summed E-state index contributed by atoms with van der Waals surface area (Å²) in [5.41, 5.74) is 0.183. The van der Waals surface area contributed by atoms with Crippen LogP contribution in [0.1, 0.15) is 36.5 Å². The molecule has 0 bridgehead atoms. The summed E-state index contributed by atoms with van der Waals surface area (Å²) in [6.07, 6.45) is 2.35. The van der Waals surface area contributed by atoms with Gasteiger partial charge in [0, 0.05) is 0 Å². The van der Waals surface area contributed by atoms with E-state index in [0.717, 1.165) is 32.4 Å². The van der Waals surface area contributed by atoms with Gasteiger partial charge in [-0.2, -0.15) is 0 Å². The number of benzene rings is 1. The summed E-state index contributed by atoms with van der Waals surface area (Å²) in [4.78, 5) is 23.5. The van der Waals surface area contributed by atoms with Crippen molar-refractivity contribution in [2.45, 2.75) is 26.2 Å². The first-order chi connectivity index (χ1) is 9.98. The van der Waals surface area contributed by atoms with Crippen molar-refractivity contribution in [1.82, 2.24) is 5.32 Å². The van der Waals surface area contributed by atoms with Crippen LogP contribution in [0.5, 0.6) is 0 Å². The highest BCUT2D eigenvalue weighted by Gasteiger charge is 2.37. The number of carboxylic acids is 1. The fraction of sp³-hybridized carbons (Fsp3) is 0.467. The first-order valence-electron chi connectivity index (χ1n) is 7.03. The Morgan fingerprint density at radius 1 is 1.38 bits per heavy atom. The number of hydrogen-bond acceptors (Lipinski definition) is 3. The van der Waals surface area contributed by atoms with Gasteiger partial charge >= 0.3 is 5.97 Å². The van der Waals surface area contributed by atoms with E-state index in [1.54, 1.807) is 0 Å². The van der Waals surface area contributed by atoms with Crippen molar-refractivity contribution in [2.75, 3.05) is 18.4 Å². The van der Waals surface area contributed by atoms with Crippen molar-refractivity contribution < 1.29 is 14.7 Å². The molecule has 1 amide bonds. The third-order valence-corrected chi connectivity index (χ3v) is 4.50. The SMILES string of the molecule is CCC1(C(=O)Nc2ccc(C(=O)O)cc2Cl)CCNCC1.